The van der Waals surface area contributed by atoms with Gasteiger partial charge < -0.3 is 5.73 Å². The number of nitrogen functional groups attached to an aromatic ring is 1. The van der Waals surface area contributed by atoms with Crippen LogP contribution in [-0.4, -0.2) is 43.8 Å². The molecule has 2 aromatic rings. The van der Waals surface area contributed by atoms with Crippen molar-refractivity contribution < 1.29 is 12.8 Å². The van der Waals surface area contributed by atoms with Crippen LogP contribution in [0.4, 0.5) is 10.1 Å². The van der Waals surface area contributed by atoms with Crippen molar-refractivity contribution in [3.8, 4) is 0 Å². The van der Waals surface area contributed by atoms with Crippen molar-refractivity contribution in [3.05, 3.63) is 59.9 Å². The first-order valence-electron chi connectivity index (χ1n) is 7.78. The molecule has 0 radical (unpaired) electrons. The predicted octanol–water partition coefficient (Wildman–Crippen LogP) is 1.91. The van der Waals surface area contributed by atoms with Crippen LogP contribution in [-0.2, 0) is 16.6 Å². The lowest BCUT2D eigenvalue weighted by molar-refractivity contribution is 0.181. The van der Waals surface area contributed by atoms with Crippen LogP contribution < -0.4 is 5.73 Å². The van der Waals surface area contributed by atoms with Gasteiger partial charge in [-0.2, -0.15) is 4.31 Å². The molecule has 1 saturated heterocycles. The number of hydrogen-bond donors (Lipinski definition) is 1. The molecule has 0 aliphatic carbocycles. The average Bonchev–Trinajstić information content (AvgIpc) is 2.56. The molecule has 0 aromatic heterocycles. The van der Waals surface area contributed by atoms with E-state index in [-0.39, 0.29) is 4.90 Å². The van der Waals surface area contributed by atoms with Crippen LogP contribution in [0.5, 0.6) is 0 Å². The van der Waals surface area contributed by atoms with E-state index in [9.17, 15) is 12.8 Å². The van der Waals surface area contributed by atoms with E-state index in [0.29, 0.717) is 26.2 Å². The fourth-order valence-electron chi connectivity index (χ4n) is 2.83. The van der Waals surface area contributed by atoms with Gasteiger partial charge in [0.05, 0.1) is 4.90 Å². The standard InChI is InChI=1S/C17H20FN3O2S/c18-15-4-6-17(7-5-15)24(22,23)21-10-8-20(9-11-21)13-14-2-1-3-16(19)12-14/h1-7,12H,8-11,13,19H2. The summed E-state index contributed by atoms with van der Waals surface area (Å²) in [6, 6.07) is 12.7. The molecule has 2 N–H and O–H groups in total. The lowest BCUT2D eigenvalue weighted by atomic mass is 10.2. The van der Waals surface area contributed by atoms with Crippen molar-refractivity contribution >= 4 is 15.7 Å². The van der Waals surface area contributed by atoms with Crippen LogP contribution in [0.3, 0.4) is 0 Å². The number of hydrogen-bond acceptors (Lipinski definition) is 4. The van der Waals surface area contributed by atoms with Crippen LogP contribution in [0.2, 0.25) is 0 Å². The summed E-state index contributed by atoms with van der Waals surface area (Å²) < 4.78 is 39.6. The first-order chi connectivity index (χ1) is 11.4. The molecule has 0 bridgehead atoms. The monoisotopic (exact) mass is 349 g/mol. The van der Waals surface area contributed by atoms with E-state index in [1.54, 1.807) is 0 Å². The Hall–Kier alpha value is -1.96. The van der Waals surface area contributed by atoms with Gasteiger partial charge >= 0.3 is 0 Å². The lowest BCUT2D eigenvalue weighted by Gasteiger charge is -2.34. The number of nitrogens with two attached hydrogens (primary N) is 1. The van der Waals surface area contributed by atoms with E-state index in [2.05, 4.69) is 4.90 Å². The van der Waals surface area contributed by atoms with Crippen LogP contribution >= 0.6 is 0 Å². The van der Waals surface area contributed by atoms with Crippen LogP contribution in [0.15, 0.2) is 53.4 Å². The molecule has 2 aromatic carbocycles. The Morgan fingerprint density at radius 3 is 2.29 bits per heavy atom. The molecule has 1 aliphatic heterocycles. The summed E-state index contributed by atoms with van der Waals surface area (Å²) in [6.45, 7) is 2.88. The molecule has 128 valence electrons. The van der Waals surface area contributed by atoms with E-state index in [4.69, 9.17) is 5.73 Å². The van der Waals surface area contributed by atoms with Crippen LogP contribution in [0.25, 0.3) is 0 Å². The number of sulfonamides is 1. The summed E-state index contributed by atoms with van der Waals surface area (Å²) in [6.07, 6.45) is 0. The smallest absolute Gasteiger partial charge is 0.243 e. The van der Waals surface area contributed by atoms with E-state index in [1.807, 2.05) is 24.3 Å². The van der Waals surface area contributed by atoms with Gasteiger partial charge in [-0.15, -0.1) is 0 Å². The van der Waals surface area contributed by atoms with Gasteiger partial charge in [0.25, 0.3) is 0 Å². The summed E-state index contributed by atoms with van der Waals surface area (Å²) in [7, 11) is -3.56. The second kappa shape index (κ2) is 6.88. The normalized spacial score (nSPS) is 17.0. The summed E-state index contributed by atoms with van der Waals surface area (Å²) >= 11 is 0. The number of rotatable bonds is 4. The van der Waals surface area contributed by atoms with Crippen molar-refractivity contribution in [2.75, 3.05) is 31.9 Å². The molecule has 0 atom stereocenters. The fourth-order valence-corrected chi connectivity index (χ4v) is 4.26. The highest BCUT2D eigenvalue weighted by molar-refractivity contribution is 7.89. The van der Waals surface area contributed by atoms with Gasteiger partial charge in [0.15, 0.2) is 0 Å². The molecular formula is C17H20FN3O2S. The van der Waals surface area contributed by atoms with Gasteiger partial charge in [0.1, 0.15) is 5.82 Å². The second-order valence-corrected chi connectivity index (χ2v) is 7.82. The number of halogens is 1. The summed E-state index contributed by atoms with van der Waals surface area (Å²) in [4.78, 5) is 2.33. The van der Waals surface area contributed by atoms with E-state index >= 15 is 0 Å². The predicted molar refractivity (Wildman–Crippen MR) is 91.3 cm³/mol. The molecule has 1 aliphatic rings. The molecule has 0 unspecified atom stereocenters. The topological polar surface area (TPSA) is 66.6 Å². The molecule has 1 fully saturated rings. The van der Waals surface area contributed by atoms with Crippen molar-refractivity contribution in [3.63, 3.8) is 0 Å². The fraction of sp³-hybridized carbons (Fsp3) is 0.294. The van der Waals surface area contributed by atoms with Gasteiger partial charge in [-0.05, 0) is 42.0 Å². The van der Waals surface area contributed by atoms with Crippen LogP contribution in [0.1, 0.15) is 5.56 Å². The third kappa shape index (κ3) is 3.75. The van der Waals surface area contributed by atoms with Gasteiger partial charge in [0, 0.05) is 38.4 Å². The largest absolute Gasteiger partial charge is 0.399 e. The first kappa shape index (κ1) is 16.9. The Balaban J connectivity index is 1.63. The Bertz CT molecular complexity index is 801. The Morgan fingerprint density at radius 1 is 1.00 bits per heavy atom. The zero-order valence-corrected chi connectivity index (χ0v) is 14.0. The van der Waals surface area contributed by atoms with Crippen molar-refractivity contribution in [2.24, 2.45) is 0 Å². The minimum atomic E-state index is -3.56. The minimum absolute atomic E-state index is 0.133. The maximum atomic E-state index is 13.0. The maximum absolute atomic E-state index is 13.0. The van der Waals surface area contributed by atoms with Gasteiger partial charge in [-0.25, -0.2) is 12.8 Å². The zero-order chi connectivity index (χ0) is 17.2. The number of nitrogens with zero attached hydrogens (tertiary/aromatic N) is 2. The summed E-state index contributed by atoms with van der Waals surface area (Å²) in [5.74, 6) is -0.444. The third-order valence-electron chi connectivity index (χ3n) is 4.14. The number of anilines is 1. The number of piperazine rings is 1. The van der Waals surface area contributed by atoms with Gasteiger partial charge in [0.2, 0.25) is 10.0 Å². The highest BCUT2D eigenvalue weighted by atomic mass is 32.2. The van der Waals surface area contributed by atoms with Crippen molar-refractivity contribution in [1.82, 2.24) is 9.21 Å². The number of benzene rings is 2. The highest BCUT2D eigenvalue weighted by Crippen LogP contribution is 2.19. The highest BCUT2D eigenvalue weighted by Gasteiger charge is 2.28. The second-order valence-electron chi connectivity index (χ2n) is 5.88. The van der Waals surface area contributed by atoms with E-state index < -0.39 is 15.8 Å². The molecular weight excluding hydrogens is 329 g/mol. The Labute approximate surface area is 141 Å². The average molecular weight is 349 g/mol. The van der Waals surface area contributed by atoms with Crippen LogP contribution in [0, 0.1) is 5.82 Å². The molecule has 7 heteroatoms. The quantitative estimate of drug-likeness (QED) is 0.857. The molecule has 0 saturated carbocycles. The SMILES string of the molecule is Nc1cccc(CN2CCN(S(=O)(=O)c3ccc(F)cc3)CC2)c1. The first-order valence-corrected chi connectivity index (χ1v) is 9.22. The molecule has 0 amide bonds. The zero-order valence-electron chi connectivity index (χ0n) is 13.2. The van der Waals surface area contributed by atoms with E-state index in [1.165, 1.54) is 28.6 Å². The summed E-state index contributed by atoms with van der Waals surface area (Å²) in [5, 5.41) is 0. The molecule has 5 nitrogen and oxygen atoms in total. The molecule has 0 spiro atoms. The molecule has 1 heterocycles. The molecule has 3 rings (SSSR count). The van der Waals surface area contributed by atoms with Crippen molar-refractivity contribution in [1.29, 1.82) is 0 Å². The lowest BCUT2D eigenvalue weighted by Crippen LogP contribution is -2.48. The third-order valence-corrected chi connectivity index (χ3v) is 6.05. The Morgan fingerprint density at radius 2 is 1.67 bits per heavy atom. The minimum Gasteiger partial charge on any atom is -0.399 e. The van der Waals surface area contributed by atoms with Gasteiger partial charge in [-0.3, -0.25) is 4.90 Å². The molecule has 24 heavy (non-hydrogen) atoms. The van der Waals surface area contributed by atoms with Gasteiger partial charge in [-0.1, -0.05) is 12.1 Å². The Kier molecular flexibility index (Phi) is 4.84. The van der Waals surface area contributed by atoms with E-state index in [0.717, 1.165) is 17.8 Å². The summed E-state index contributed by atoms with van der Waals surface area (Å²) in [5.41, 5.74) is 7.63. The van der Waals surface area contributed by atoms with Crippen molar-refractivity contribution in [2.45, 2.75) is 11.4 Å². The maximum Gasteiger partial charge on any atom is 0.243 e.